The Balaban J connectivity index is 2.70. The zero-order valence-corrected chi connectivity index (χ0v) is 7.54. The number of aliphatic hydroxyl groups excluding tert-OH is 2. The second-order valence-corrected chi connectivity index (χ2v) is 2.83. The summed E-state index contributed by atoms with van der Waals surface area (Å²) in [6.45, 7) is 0.00168. The first-order valence-electron chi connectivity index (χ1n) is 4.16. The van der Waals surface area contributed by atoms with Gasteiger partial charge in [-0.05, 0) is 16.7 Å². The Hall–Kier alpha value is -1.55. The minimum absolute atomic E-state index is 0.0211. The van der Waals surface area contributed by atoms with E-state index in [4.69, 9.17) is 10.6 Å². The fourth-order valence-corrected chi connectivity index (χ4v) is 1.06. The molecule has 14 heavy (non-hydrogen) atoms. The fraction of sp³-hybridized carbons (Fsp3) is 0.333. The van der Waals surface area contributed by atoms with E-state index in [9.17, 15) is 5.11 Å². The van der Waals surface area contributed by atoms with Crippen LogP contribution >= 0.6 is 0 Å². The number of azide groups is 1. The van der Waals surface area contributed by atoms with Gasteiger partial charge in [-0.15, -0.1) is 0 Å². The Morgan fingerprint density at radius 2 is 2.00 bits per heavy atom. The van der Waals surface area contributed by atoms with Gasteiger partial charge in [-0.3, -0.25) is 0 Å². The van der Waals surface area contributed by atoms with Gasteiger partial charge in [0.1, 0.15) is 0 Å². The molecule has 1 rings (SSSR count). The summed E-state index contributed by atoms with van der Waals surface area (Å²) < 4.78 is 0. The third-order valence-corrected chi connectivity index (χ3v) is 1.86. The van der Waals surface area contributed by atoms with Crippen LogP contribution in [0.15, 0.2) is 29.4 Å². The summed E-state index contributed by atoms with van der Waals surface area (Å²) in [6.07, 6.45) is -0.779. The molecule has 1 aromatic carbocycles. The molecular weight excluding hydrogens is 182 g/mol. The summed E-state index contributed by atoms with van der Waals surface area (Å²) in [7, 11) is 0. The molecule has 0 saturated carbocycles. The smallest absolute Gasteiger partial charge is 0.0846 e. The molecule has 0 spiro atoms. The second kappa shape index (κ2) is 5.24. The van der Waals surface area contributed by atoms with Gasteiger partial charge in [0.25, 0.3) is 0 Å². The number of nitrogens with zero attached hydrogens (tertiary/aromatic N) is 3. The molecule has 5 nitrogen and oxygen atoms in total. The first-order valence-corrected chi connectivity index (χ1v) is 4.16. The molecule has 1 unspecified atom stereocenters. The monoisotopic (exact) mass is 193 g/mol. The van der Waals surface area contributed by atoms with Crippen molar-refractivity contribution < 1.29 is 10.2 Å². The van der Waals surface area contributed by atoms with Crippen LogP contribution in [0, 0.1) is 0 Å². The van der Waals surface area contributed by atoms with Crippen molar-refractivity contribution >= 4 is 0 Å². The van der Waals surface area contributed by atoms with Crippen molar-refractivity contribution in [2.24, 2.45) is 5.11 Å². The number of benzene rings is 1. The van der Waals surface area contributed by atoms with Crippen LogP contribution in [0.2, 0.25) is 0 Å². The lowest BCUT2D eigenvalue weighted by atomic mass is 10.1. The summed E-state index contributed by atoms with van der Waals surface area (Å²) in [4.78, 5) is 2.56. The van der Waals surface area contributed by atoms with Crippen molar-refractivity contribution in [1.29, 1.82) is 0 Å². The van der Waals surface area contributed by atoms with E-state index in [1.807, 2.05) is 0 Å². The van der Waals surface area contributed by atoms with Crippen molar-refractivity contribution in [2.45, 2.75) is 12.7 Å². The van der Waals surface area contributed by atoms with Crippen LogP contribution in [0.1, 0.15) is 17.2 Å². The standard InChI is InChI=1S/C9H11N3O2/c10-12-11-5-9(14)8-3-1-7(6-13)2-4-8/h1-4,9,13-14H,5-6H2. The predicted octanol–water partition coefficient (Wildman–Crippen LogP) is 1.52. The average molecular weight is 193 g/mol. The van der Waals surface area contributed by atoms with Crippen molar-refractivity contribution in [1.82, 2.24) is 0 Å². The van der Waals surface area contributed by atoms with Crippen LogP contribution < -0.4 is 0 Å². The maximum atomic E-state index is 9.49. The molecule has 0 aliphatic carbocycles. The molecule has 1 aromatic rings. The molecule has 1 atom stereocenters. The number of hydrogen-bond donors (Lipinski definition) is 2. The maximum Gasteiger partial charge on any atom is 0.0846 e. The molecule has 2 N–H and O–H groups in total. The van der Waals surface area contributed by atoms with Crippen LogP contribution in [0.5, 0.6) is 0 Å². The Kier molecular flexibility index (Phi) is 3.94. The minimum atomic E-state index is -0.779. The summed E-state index contributed by atoms with van der Waals surface area (Å²) in [5.41, 5.74) is 9.52. The average Bonchev–Trinajstić information content (AvgIpc) is 2.26. The highest BCUT2D eigenvalue weighted by Crippen LogP contribution is 2.14. The Morgan fingerprint density at radius 1 is 1.36 bits per heavy atom. The predicted molar refractivity (Wildman–Crippen MR) is 51.3 cm³/mol. The maximum absolute atomic E-state index is 9.49. The van der Waals surface area contributed by atoms with E-state index >= 15 is 0 Å². The zero-order chi connectivity index (χ0) is 10.4. The fourth-order valence-electron chi connectivity index (χ4n) is 1.06. The quantitative estimate of drug-likeness (QED) is 0.431. The number of rotatable bonds is 4. The van der Waals surface area contributed by atoms with Crippen LogP contribution in [0.4, 0.5) is 0 Å². The molecule has 0 aromatic heterocycles. The summed E-state index contributed by atoms with van der Waals surface area (Å²) >= 11 is 0. The number of aliphatic hydroxyl groups is 2. The molecule has 0 saturated heterocycles. The number of hydrogen-bond acceptors (Lipinski definition) is 3. The lowest BCUT2D eigenvalue weighted by molar-refractivity contribution is 0.186. The van der Waals surface area contributed by atoms with Crippen LogP contribution in [-0.4, -0.2) is 16.8 Å². The third kappa shape index (κ3) is 2.74. The van der Waals surface area contributed by atoms with Crippen LogP contribution in [-0.2, 0) is 6.61 Å². The van der Waals surface area contributed by atoms with Gasteiger partial charge in [-0.1, -0.05) is 29.4 Å². The van der Waals surface area contributed by atoms with Crippen molar-refractivity contribution in [3.8, 4) is 0 Å². The Bertz CT molecular complexity index is 330. The topological polar surface area (TPSA) is 89.2 Å². The largest absolute Gasteiger partial charge is 0.392 e. The highest BCUT2D eigenvalue weighted by Gasteiger charge is 2.05. The van der Waals surface area contributed by atoms with Crippen LogP contribution in [0.3, 0.4) is 0 Å². The SMILES string of the molecule is [N-]=[N+]=NCC(O)c1ccc(CO)cc1. The molecule has 0 bridgehead atoms. The van der Waals surface area contributed by atoms with E-state index in [0.717, 1.165) is 5.56 Å². The first-order chi connectivity index (χ1) is 6.77. The molecule has 74 valence electrons. The minimum Gasteiger partial charge on any atom is -0.392 e. The van der Waals surface area contributed by atoms with Gasteiger partial charge in [0, 0.05) is 4.91 Å². The molecule has 0 amide bonds. The molecule has 5 heteroatoms. The lowest BCUT2D eigenvalue weighted by Crippen LogP contribution is -2.00. The van der Waals surface area contributed by atoms with Crippen molar-refractivity contribution in [3.63, 3.8) is 0 Å². The summed E-state index contributed by atoms with van der Waals surface area (Å²) in [6, 6.07) is 6.83. The second-order valence-electron chi connectivity index (χ2n) is 2.83. The van der Waals surface area contributed by atoms with Gasteiger partial charge in [0.05, 0.1) is 19.3 Å². The summed E-state index contributed by atoms with van der Waals surface area (Å²) in [5.74, 6) is 0. The lowest BCUT2D eigenvalue weighted by Gasteiger charge is -2.07. The molecule has 0 radical (unpaired) electrons. The van der Waals surface area contributed by atoms with Gasteiger partial charge in [-0.25, -0.2) is 0 Å². The molecule has 0 aliphatic heterocycles. The van der Waals surface area contributed by atoms with E-state index in [2.05, 4.69) is 10.0 Å². The van der Waals surface area contributed by atoms with E-state index in [1.54, 1.807) is 24.3 Å². The van der Waals surface area contributed by atoms with E-state index in [0.29, 0.717) is 5.56 Å². The molecule has 0 aliphatic rings. The molecule has 0 fully saturated rings. The van der Waals surface area contributed by atoms with Gasteiger partial charge in [0.15, 0.2) is 0 Å². The van der Waals surface area contributed by atoms with E-state index in [-0.39, 0.29) is 13.2 Å². The van der Waals surface area contributed by atoms with E-state index in [1.165, 1.54) is 0 Å². The highest BCUT2D eigenvalue weighted by molar-refractivity contribution is 5.23. The Labute approximate surface area is 81.2 Å². The Morgan fingerprint density at radius 3 is 2.50 bits per heavy atom. The zero-order valence-electron chi connectivity index (χ0n) is 7.54. The highest BCUT2D eigenvalue weighted by atomic mass is 16.3. The van der Waals surface area contributed by atoms with Gasteiger partial charge in [-0.2, -0.15) is 0 Å². The van der Waals surface area contributed by atoms with Crippen LogP contribution in [0.25, 0.3) is 10.4 Å². The molecule has 0 heterocycles. The van der Waals surface area contributed by atoms with E-state index < -0.39 is 6.10 Å². The van der Waals surface area contributed by atoms with Gasteiger partial charge in [0.2, 0.25) is 0 Å². The van der Waals surface area contributed by atoms with Gasteiger partial charge >= 0.3 is 0 Å². The van der Waals surface area contributed by atoms with Gasteiger partial charge < -0.3 is 10.2 Å². The third-order valence-electron chi connectivity index (χ3n) is 1.86. The molecular formula is C9H11N3O2. The summed E-state index contributed by atoms with van der Waals surface area (Å²) in [5, 5.41) is 21.5. The van der Waals surface area contributed by atoms with Crippen molar-refractivity contribution in [3.05, 3.63) is 45.8 Å². The first kappa shape index (κ1) is 10.5. The van der Waals surface area contributed by atoms with Crippen molar-refractivity contribution in [2.75, 3.05) is 6.54 Å². The normalized spacial score (nSPS) is 11.9.